The van der Waals surface area contributed by atoms with Crippen molar-refractivity contribution in [2.45, 2.75) is 26.5 Å². The minimum Gasteiger partial charge on any atom is -0.490 e. The monoisotopic (exact) mass is 432 g/mol. The molecular weight excluding hydrogens is 415 g/mol. The van der Waals surface area contributed by atoms with Gasteiger partial charge in [0, 0.05) is 0 Å². The van der Waals surface area contributed by atoms with Crippen LogP contribution in [0.3, 0.4) is 0 Å². The molecule has 0 spiro atoms. The molecule has 0 bridgehead atoms. The van der Waals surface area contributed by atoms with Crippen LogP contribution in [0.5, 0.6) is 5.75 Å². The molecule has 0 unspecified atom stereocenters. The van der Waals surface area contributed by atoms with Gasteiger partial charge in [-0.25, -0.2) is 9.18 Å². The fraction of sp³-hybridized carbons (Fsp3) is 0.200. The molecule has 3 amide bonds. The summed E-state index contributed by atoms with van der Waals surface area (Å²) >= 11 is 3.45. The first-order valence-electron chi connectivity index (χ1n) is 8.38. The third-order valence-electron chi connectivity index (χ3n) is 3.85. The lowest BCUT2D eigenvalue weighted by atomic mass is 10.1. The van der Waals surface area contributed by atoms with Crippen LogP contribution in [0.2, 0.25) is 0 Å². The van der Waals surface area contributed by atoms with Gasteiger partial charge in [-0.15, -0.1) is 0 Å². The normalized spacial score (nSPS) is 15.6. The molecule has 2 aromatic carbocycles. The summed E-state index contributed by atoms with van der Waals surface area (Å²) in [7, 11) is 0. The Morgan fingerprint density at radius 2 is 1.89 bits per heavy atom. The average molecular weight is 433 g/mol. The standard InChI is InChI=1S/C20H18BrFN2O3/c1-12(2)27-18-8-5-14(9-16(18)21)10-17-19(25)24(20(26)23-17)11-13-3-6-15(22)7-4-13/h3-10,12H,11H2,1-2H3,(H,23,26)/b17-10-. The quantitative estimate of drug-likeness (QED) is 0.559. The number of amides is 3. The van der Waals surface area contributed by atoms with E-state index in [1.165, 1.54) is 12.1 Å². The number of halogens is 2. The van der Waals surface area contributed by atoms with E-state index in [4.69, 9.17) is 4.74 Å². The highest BCUT2D eigenvalue weighted by molar-refractivity contribution is 9.10. The fourth-order valence-corrected chi connectivity index (χ4v) is 3.10. The van der Waals surface area contributed by atoms with Crippen LogP contribution in [0.25, 0.3) is 6.08 Å². The zero-order chi connectivity index (χ0) is 19.6. The summed E-state index contributed by atoms with van der Waals surface area (Å²) in [6.07, 6.45) is 1.65. The van der Waals surface area contributed by atoms with Gasteiger partial charge in [-0.3, -0.25) is 9.69 Å². The Morgan fingerprint density at radius 1 is 1.19 bits per heavy atom. The van der Waals surface area contributed by atoms with E-state index in [-0.39, 0.29) is 24.2 Å². The first kappa shape index (κ1) is 19.1. The summed E-state index contributed by atoms with van der Waals surface area (Å²) in [6.45, 7) is 3.95. The van der Waals surface area contributed by atoms with Crippen LogP contribution in [0, 0.1) is 5.82 Å². The third-order valence-corrected chi connectivity index (χ3v) is 4.47. The maximum Gasteiger partial charge on any atom is 0.329 e. The molecule has 1 aliphatic rings. The summed E-state index contributed by atoms with van der Waals surface area (Å²) in [4.78, 5) is 25.8. The topological polar surface area (TPSA) is 58.6 Å². The van der Waals surface area contributed by atoms with Crippen molar-refractivity contribution < 1.29 is 18.7 Å². The maximum atomic E-state index is 13.0. The van der Waals surface area contributed by atoms with Gasteiger partial charge in [0.2, 0.25) is 0 Å². The molecule has 1 heterocycles. The van der Waals surface area contributed by atoms with Gasteiger partial charge < -0.3 is 10.1 Å². The zero-order valence-corrected chi connectivity index (χ0v) is 16.4. The Hall–Kier alpha value is -2.67. The molecule has 1 saturated heterocycles. The molecule has 0 radical (unpaired) electrons. The van der Waals surface area contributed by atoms with Gasteiger partial charge in [0.05, 0.1) is 17.1 Å². The van der Waals surface area contributed by atoms with Crippen molar-refractivity contribution in [3.8, 4) is 5.75 Å². The van der Waals surface area contributed by atoms with E-state index < -0.39 is 11.9 Å². The van der Waals surface area contributed by atoms with Crippen LogP contribution in [0.4, 0.5) is 9.18 Å². The van der Waals surface area contributed by atoms with E-state index >= 15 is 0 Å². The molecule has 3 rings (SSSR count). The van der Waals surface area contributed by atoms with Gasteiger partial charge >= 0.3 is 6.03 Å². The number of carbonyl (C=O) groups is 2. The smallest absolute Gasteiger partial charge is 0.329 e. The molecule has 27 heavy (non-hydrogen) atoms. The molecule has 1 aliphatic heterocycles. The lowest BCUT2D eigenvalue weighted by molar-refractivity contribution is -0.123. The van der Waals surface area contributed by atoms with E-state index in [1.807, 2.05) is 19.9 Å². The van der Waals surface area contributed by atoms with Crippen molar-refractivity contribution in [3.05, 3.63) is 69.6 Å². The highest BCUT2D eigenvalue weighted by Crippen LogP contribution is 2.28. The molecule has 140 valence electrons. The van der Waals surface area contributed by atoms with Crippen molar-refractivity contribution in [2.24, 2.45) is 0 Å². The summed E-state index contributed by atoms with van der Waals surface area (Å²) in [5.41, 5.74) is 1.59. The number of nitrogens with one attached hydrogen (secondary N) is 1. The van der Waals surface area contributed by atoms with Crippen LogP contribution in [-0.4, -0.2) is 22.9 Å². The second-order valence-electron chi connectivity index (χ2n) is 6.36. The molecule has 0 aliphatic carbocycles. The van der Waals surface area contributed by atoms with Crippen LogP contribution >= 0.6 is 15.9 Å². The van der Waals surface area contributed by atoms with Gasteiger partial charge in [0.15, 0.2) is 0 Å². The number of benzene rings is 2. The second kappa shape index (κ2) is 7.92. The Balaban J connectivity index is 1.77. The molecule has 0 aromatic heterocycles. The lowest BCUT2D eigenvalue weighted by Gasteiger charge is -2.12. The Bertz CT molecular complexity index is 910. The molecular formula is C20H18BrFN2O3. The summed E-state index contributed by atoms with van der Waals surface area (Å²) in [5, 5.41) is 2.58. The minimum absolute atomic E-state index is 0.0428. The van der Waals surface area contributed by atoms with Crippen molar-refractivity contribution >= 4 is 33.9 Å². The Morgan fingerprint density at radius 3 is 2.52 bits per heavy atom. The number of carbonyl (C=O) groups excluding carboxylic acids is 2. The Labute approximate surface area is 164 Å². The maximum absolute atomic E-state index is 13.0. The fourth-order valence-electron chi connectivity index (χ4n) is 2.61. The van der Waals surface area contributed by atoms with Crippen molar-refractivity contribution in [1.82, 2.24) is 10.2 Å². The van der Waals surface area contributed by atoms with Crippen LogP contribution < -0.4 is 10.1 Å². The molecule has 7 heteroatoms. The number of imide groups is 1. The van der Waals surface area contributed by atoms with Crippen LogP contribution in [0.1, 0.15) is 25.0 Å². The molecule has 0 atom stereocenters. The predicted octanol–water partition coefficient (Wildman–Crippen LogP) is 4.47. The number of hydrogen-bond acceptors (Lipinski definition) is 3. The molecule has 5 nitrogen and oxygen atoms in total. The van der Waals surface area contributed by atoms with Gasteiger partial charge in [-0.1, -0.05) is 18.2 Å². The first-order valence-corrected chi connectivity index (χ1v) is 9.18. The van der Waals surface area contributed by atoms with Gasteiger partial charge in [0.25, 0.3) is 5.91 Å². The lowest BCUT2D eigenvalue weighted by Crippen LogP contribution is -2.30. The number of ether oxygens (including phenoxy) is 1. The highest BCUT2D eigenvalue weighted by Gasteiger charge is 2.33. The zero-order valence-electron chi connectivity index (χ0n) is 14.8. The molecule has 0 saturated carbocycles. The highest BCUT2D eigenvalue weighted by atomic mass is 79.9. The van der Waals surface area contributed by atoms with Crippen molar-refractivity contribution in [2.75, 3.05) is 0 Å². The number of nitrogens with zero attached hydrogens (tertiary/aromatic N) is 1. The predicted molar refractivity (Wildman–Crippen MR) is 103 cm³/mol. The van der Waals surface area contributed by atoms with Crippen molar-refractivity contribution in [1.29, 1.82) is 0 Å². The Kier molecular flexibility index (Phi) is 5.60. The van der Waals surface area contributed by atoms with Gasteiger partial charge in [0.1, 0.15) is 17.3 Å². The number of urea groups is 1. The second-order valence-corrected chi connectivity index (χ2v) is 7.22. The average Bonchev–Trinajstić information content (AvgIpc) is 2.86. The van der Waals surface area contributed by atoms with E-state index in [0.717, 1.165) is 14.9 Å². The van der Waals surface area contributed by atoms with E-state index in [0.29, 0.717) is 11.3 Å². The van der Waals surface area contributed by atoms with E-state index in [2.05, 4.69) is 21.2 Å². The molecule has 2 aromatic rings. The van der Waals surface area contributed by atoms with Gasteiger partial charge in [-0.05, 0) is 71.2 Å². The van der Waals surface area contributed by atoms with Crippen LogP contribution in [0.15, 0.2) is 52.6 Å². The van der Waals surface area contributed by atoms with Gasteiger partial charge in [-0.2, -0.15) is 0 Å². The number of rotatable bonds is 5. The van der Waals surface area contributed by atoms with Crippen molar-refractivity contribution in [3.63, 3.8) is 0 Å². The third kappa shape index (κ3) is 4.54. The summed E-state index contributed by atoms with van der Waals surface area (Å²) < 4.78 is 19.4. The summed E-state index contributed by atoms with van der Waals surface area (Å²) in [5.74, 6) is -0.0955. The number of hydrogen-bond donors (Lipinski definition) is 1. The van der Waals surface area contributed by atoms with E-state index in [1.54, 1.807) is 30.3 Å². The minimum atomic E-state index is -0.505. The molecule has 1 N–H and O–H groups in total. The van der Waals surface area contributed by atoms with Crippen LogP contribution in [-0.2, 0) is 11.3 Å². The molecule has 1 fully saturated rings. The van der Waals surface area contributed by atoms with E-state index in [9.17, 15) is 14.0 Å². The SMILES string of the molecule is CC(C)Oc1ccc(/C=C2\NC(=O)N(Cc3ccc(F)cc3)C2=O)cc1Br. The first-order chi connectivity index (χ1) is 12.8. The largest absolute Gasteiger partial charge is 0.490 e. The summed E-state index contributed by atoms with van der Waals surface area (Å²) in [6, 6.07) is 10.6.